The van der Waals surface area contributed by atoms with Gasteiger partial charge in [-0.05, 0) is 38.5 Å². The molecular formula is C17H27Cl2IN4O. The van der Waals surface area contributed by atoms with E-state index >= 15 is 0 Å². The highest BCUT2D eigenvalue weighted by atomic mass is 127. The number of nitrogens with two attached hydrogens (primary N) is 1. The monoisotopic (exact) mass is 500 g/mol. The van der Waals surface area contributed by atoms with Gasteiger partial charge in [0.25, 0.3) is 0 Å². The van der Waals surface area contributed by atoms with Crippen molar-refractivity contribution in [2.45, 2.75) is 32.4 Å². The van der Waals surface area contributed by atoms with Gasteiger partial charge in [-0.3, -0.25) is 9.89 Å². The SMILES string of the molecule is CC(NC(N)=NCC(C)(C)N1CCOCC1)c1ccc(Cl)cc1Cl.I. The molecule has 0 aromatic heterocycles. The maximum atomic E-state index is 6.24. The number of morpholine rings is 1. The van der Waals surface area contributed by atoms with Crippen LogP contribution in [0.15, 0.2) is 23.2 Å². The zero-order chi connectivity index (χ0) is 17.7. The highest BCUT2D eigenvalue weighted by Crippen LogP contribution is 2.26. The van der Waals surface area contributed by atoms with Crippen molar-refractivity contribution in [3.63, 3.8) is 0 Å². The predicted molar refractivity (Wildman–Crippen MR) is 116 cm³/mol. The second kappa shape index (κ2) is 10.2. The first kappa shape index (κ1) is 22.8. The Labute approximate surface area is 177 Å². The summed E-state index contributed by atoms with van der Waals surface area (Å²) >= 11 is 12.2. The Morgan fingerprint density at radius 2 is 2.00 bits per heavy atom. The Balaban J connectivity index is 0.00000312. The molecule has 2 rings (SSSR count). The molecule has 25 heavy (non-hydrogen) atoms. The average molecular weight is 501 g/mol. The number of halogens is 3. The van der Waals surface area contributed by atoms with Crippen LogP contribution in [-0.4, -0.2) is 49.2 Å². The van der Waals surface area contributed by atoms with Gasteiger partial charge in [0.1, 0.15) is 0 Å². The van der Waals surface area contributed by atoms with Crippen LogP contribution < -0.4 is 11.1 Å². The van der Waals surface area contributed by atoms with E-state index in [4.69, 9.17) is 33.7 Å². The molecule has 1 heterocycles. The molecule has 0 radical (unpaired) electrons. The van der Waals surface area contributed by atoms with Crippen molar-refractivity contribution in [1.29, 1.82) is 0 Å². The number of rotatable bonds is 5. The summed E-state index contributed by atoms with van der Waals surface area (Å²) in [7, 11) is 0. The van der Waals surface area contributed by atoms with Crippen molar-refractivity contribution in [1.82, 2.24) is 10.2 Å². The first-order valence-electron chi connectivity index (χ1n) is 8.14. The van der Waals surface area contributed by atoms with Crippen LogP contribution in [-0.2, 0) is 4.74 Å². The zero-order valence-corrected chi connectivity index (χ0v) is 18.7. The molecular weight excluding hydrogens is 474 g/mol. The Hall–Kier alpha value is -0.280. The summed E-state index contributed by atoms with van der Waals surface area (Å²) in [5.41, 5.74) is 6.93. The van der Waals surface area contributed by atoms with Gasteiger partial charge < -0.3 is 15.8 Å². The average Bonchev–Trinajstić information content (AvgIpc) is 2.54. The van der Waals surface area contributed by atoms with E-state index in [1.165, 1.54) is 0 Å². The van der Waals surface area contributed by atoms with Gasteiger partial charge in [-0.2, -0.15) is 0 Å². The summed E-state index contributed by atoms with van der Waals surface area (Å²) < 4.78 is 5.41. The summed E-state index contributed by atoms with van der Waals surface area (Å²) in [6.45, 7) is 10.3. The standard InChI is InChI=1S/C17H26Cl2N4O.HI/c1-12(14-5-4-13(18)10-15(14)19)22-16(20)21-11-17(2,3)23-6-8-24-9-7-23;/h4-5,10,12H,6-9,11H2,1-3H3,(H3,20,21,22);1H. The molecule has 1 unspecified atom stereocenters. The van der Waals surface area contributed by atoms with Gasteiger partial charge in [-0.1, -0.05) is 29.3 Å². The van der Waals surface area contributed by atoms with Crippen LogP contribution in [0.25, 0.3) is 0 Å². The van der Waals surface area contributed by atoms with Crippen LogP contribution in [0.5, 0.6) is 0 Å². The topological polar surface area (TPSA) is 62.9 Å². The fourth-order valence-corrected chi connectivity index (χ4v) is 3.32. The Kier molecular flexibility index (Phi) is 9.25. The lowest BCUT2D eigenvalue weighted by molar-refractivity contribution is -0.00682. The van der Waals surface area contributed by atoms with Crippen molar-refractivity contribution in [2.75, 3.05) is 32.8 Å². The molecule has 0 bridgehead atoms. The number of nitrogens with one attached hydrogen (secondary N) is 1. The minimum Gasteiger partial charge on any atom is -0.379 e. The third-order valence-corrected chi connectivity index (χ3v) is 4.86. The van der Waals surface area contributed by atoms with Gasteiger partial charge in [-0.25, -0.2) is 0 Å². The molecule has 8 heteroatoms. The maximum absolute atomic E-state index is 6.24. The number of aliphatic imine (C=N–C) groups is 1. The lowest BCUT2D eigenvalue weighted by Crippen LogP contribution is -2.52. The van der Waals surface area contributed by atoms with E-state index < -0.39 is 0 Å². The first-order chi connectivity index (χ1) is 11.3. The van der Waals surface area contributed by atoms with E-state index in [2.05, 4.69) is 29.1 Å². The molecule has 1 atom stereocenters. The zero-order valence-electron chi connectivity index (χ0n) is 14.9. The molecule has 3 N–H and O–H groups in total. The van der Waals surface area contributed by atoms with Crippen molar-refractivity contribution >= 4 is 53.1 Å². The smallest absolute Gasteiger partial charge is 0.189 e. The number of hydrogen-bond acceptors (Lipinski definition) is 3. The fraction of sp³-hybridized carbons (Fsp3) is 0.588. The van der Waals surface area contributed by atoms with E-state index in [1.807, 2.05) is 19.1 Å². The molecule has 1 aliphatic rings. The summed E-state index contributed by atoms with van der Waals surface area (Å²) in [4.78, 5) is 6.90. The summed E-state index contributed by atoms with van der Waals surface area (Å²) in [5, 5.41) is 4.42. The first-order valence-corrected chi connectivity index (χ1v) is 8.89. The van der Waals surface area contributed by atoms with Crippen molar-refractivity contribution in [3.8, 4) is 0 Å². The van der Waals surface area contributed by atoms with Crippen LogP contribution in [0.4, 0.5) is 0 Å². The third-order valence-electron chi connectivity index (χ3n) is 4.30. The van der Waals surface area contributed by atoms with Gasteiger partial charge in [0.2, 0.25) is 0 Å². The van der Waals surface area contributed by atoms with Gasteiger partial charge in [0.05, 0.1) is 25.8 Å². The molecule has 1 saturated heterocycles. The van der Waals surface area contributed by atoms with E-state index in [-0.39, 0.29) is 35.6 Å². The van der Waals surface area contributed by atoms with Crippen LogP contribution in [0, 0.1) is 0 Å². The maximum Gasteiger partial charge on any atom is 0.189 e. The quantitative estimate of drug-likeness (QED) is 0.367. The van der Waals surface area contributed by atoms with E-state index in [0.717, 1.165) is 31.9 Å². The number of ether oxygens (including phenoxy) is 1. The van der Waals surface area contributed by atoms with E-state index in [9.17, 15) is 0 Å². The van der Waals surface area contributed by atoms with Crippen molar-refractivity contribution in [3.05, 3.63) is 33.8 Å². The highest BCUT2D eigenvalue weighted by Gasteiger charge is 2.28. The molecule has 0 aliphatic carbocycles. The lowest BCUT2D eigenvalue weighted by atomic mass is 10.0. The molecule has 1 fully saturated rings. The van der Waals surface area contributed by atoms with E-state index in [1.54, 1.807) is 6.07 Å². The number of guanidine groups is 1. The molecule has 142 valence electrons. The highest BCUT2D eigenvalue weighted by molar-refractivity contribution is 14.0. The predicted octanol–water partition coefficient (Wildman–Crippen LogP) is 3.69. The van der Waals surface area contributed by atoms with Crippen LogP contribution in [0.2, 0.25) is 10.0 Å². The third kappa shape index (κ3) is 6.75. The molecule has 5 nitrogen and oxygen atoms in total. The van der Waals surface area contributed by atoms with Crippen LogP contribution >= 0.6 is 47.2 Å². The number of nitrogens with zero attached hydrogens (tertiary/aromatic N) is 2. The second-order valence-electron chi connectivity index (χ2n) is 6.65. The largest absolute Gasteiger partial charge is 0.379 e. The van der Waals surface area contributed by atoms with Crippen LogP contribution in [0.1, 0.15) is 32.4 Å². The molecule has 1 aromatic carbocycles. The minimum absolute atomic E-state index is 0. The lowest BCUT2D eigenvalue weighted by Gasteiger charge is -2.39. The summed E-state index contributed by atoms with van der Waals surface area (Å²) in [5.74, 6) is 0.412. The van der Waals surface area contributed by atoms with Gasteiger partial charge >= 0.3 is 0 Å². The molecule has 0 spiro atoms. The second-order valence-corrected chi connectivity index (χ2v) is 7.49. The Morgan fingerprint density at radius 3 is 2.60 bits per heavy atom. The van der Waals surface area contributed by atoms with Crippen LogP contribution in [0.3, 0.4) is 0 Å². The molecule has 1 aliphatic heterocycles. The fourth-order valence-electron chi connectivity index (χ4n) is 2.75. The normalized spacial score (nSPS) is 17.7. The molecule has 1 aromatic rings. The van der Waals surface area contributed by atoms with Crippen molar-refractivity contribution < 1.29 is 4.74 Å². The summed E-state index contributed by atoms with van der Waals surface area (Å²) in [6.07, 6.45) is 0. The number of benzene rings is 1. The number of hydrogen-bond donors (Lipinski definition) is 2. The van der Waals surface area contributed by atoms with Crippen molar-refractivity contribution in [2.24, 2.45) is 10.7 Å². The van der Waals surface area contributed by atoms with Gasteiger partial charge in [-0.15, -0.1) is 24.0 Å². The molecule has 0 saturated carbocycles. The van der Waals surface area contributed by atoms with Gasteiger partial charge in [0, 0.05) is 28.7 Å². The Bertz CT molecular complexity index is 592. The summed E-state index contributed by atoms with van der Waals surface area (Å²) in [6, 6.07) is 5.39. The van der Waals surface area contributed by atoms with Gasteiger partial charge in [0.15, 0.2) is 5.96 Å². The van der Waals surface area contributed by atoms with E-state index in [0.29, 0.717) is 22.5 Å². The Morgan fingerprint density at radius 1 is 1.36 bits per heavy atom. The molecule has 0 amide bonds. The minimum atomic E-state index is -0.0583.